The molecular formula is C22H30N4O2S. The zero-order valence-electron chi connectivity index (χ0n) is 17.2. The van der Waals surface area contributed by atoms with Gasteiger partial charge in [0.05, 0.1) is 13.5 Å². The molecule has 0 radical (unpaired) electrons. The van der Waals surface area contributed by atoms with Crippen LogP contribution in [-0.2, 0) is 17.8 Å². The molecule has 2 aromatic rings. The van der Waals surface area contributed by atoms with Crippen LogP contribution in [0.5, 0.6) is 5.75 Å². The minimum Gasteiger partial charge on any atom is -0.496 e. The number of benzene rings is 1. The van der Waals surface area contributed by atoms with Gasteiger partial charge in [-0.25, -0.2) is 0 Å². The fraction of sp³-hybridized carbons (Fsp3) is 0.591. The summed E-state index contributed by atoms with van der Waals surface area (Å²) < 4.78 is 5.47. The topological polar surface area (TPSA) is 58.6 Å². The maximum absolute atomic E-state index is 12.3. The van der Waals surface area contributed by atoms with Gasteiger partial charge < -0.3 is 9.64 Å². The summed E-state index contributed by atoms with van der Waals surface area (Å²) >= 11 is 1.58. The van der Waals surface area contributed by atoms with Crippen molar-refractivity contribution in [1.82, 2.24) is 15.1 Å². The summed E-state index contributed by atoms with van der Waals surface area (Å²) in [7, 11) is 1.72. The van der Waals surface area contributed by atoms with E-state index in [2.05, 4.69) is 32.1 Å². The van der Waals surface area contributed by atoms with Crippen LogP contribution in [-0.4, -0.2) is 54.2 Å². The van der Waals surface area contributed by atoms with Crippen molar-refractivity contribution in [3.63, 3.8) is 0 Å². The van der Waals surface area contributed by atoms with Crippen LogP contribution in [0.4, 0.5) is 5.13 Å². The average molecular weight is 415 g/mol. The van der Waals surface area contributed by atoms with E-state index in [1.165, 1.54) is 31.2 Å². The van der Waals surface area contributed by atoms with Crippen molar-refractivity contribution in [2.75, 3.05) is 38.2 Å². The molecule has 6 nitrogen and oxygen atoms in total. The third-order valence-corrected chi connectivity index (χ3v) is 7.01. The lowest BCUT2D eigenvalue weighted by Gasteiger charge is -2.34. The molecule has 0 spiro atoms. The number of hydrogen-bond donors (Lipinski definition) is 0. The largest absolute Gasteiger partial charge is 0.496 e. The number of para-hydroxylation sites is 1. The molecule has 1 aromatic heterocycles. The van der Waals surface area contributed by atoms with E-state index in [1.807, 2.05) is 12.1 Å². The number of ketones is 1. The van der Waals surface area contributed by atoms with Crippen molar-refractivity contribution in [3.05, 3.63) is 34.8 Å². The number of hydrogen-bond acceptors (Lipinski definition) is 7. The molecule has 1 saturated heterocycles. The lowest BCUT2D eigenvalue weighted by Crippen LogP contribution is -2.46. The van der Waals surface area contributed by atoms with Gasteiger partial charge in [-0.05, 0) is 12.0 Å². The molecule has 1 aliphatic carbocycles. The molecule has 1 aliphatic heterocycles. The van der Waals surface area contributed by atoms with E-state index in [-0.39, 0.29) is 0 Å². The first-order chi connectivity index (χ1) is 14.2. The van der Waals surface area contributed by atoms with Gasteiger partial charge in [-0.1, -0.05) is 55.2 Å². The van der Waals surface area contributed by atoms with Crippen molar-refractivity contribution in [3.8, 4) is 5.75 Å². The lowest BCUT2D eigenvalue weighted by molar-refractivity contribution is -0.119. The molecule has 1 aromatic carbocycles. The minimum absolute atomic E-state index is 0.321. The van der Waals surface area contributed by atoms with Gasteiger partial charge in [0.25, 0.3) is 0 Å². The van der Waals surface area contributed by atoms with Crippen molar-refractivity contribution in [1.29, 1.82) is 0 Å². The Morgan fingerprint density at radius 2 is 1.90 bits per heavy atom. The van der Waals surface area contributed by atoms with Gasteiger partial charge >= 0.3 is 0 Å². The molecule has 2 fully saturated rings. The van der Waals surface area contributed by atoms with Crippen molar-refractivity contribution in [2.45, 2.75) is 45.1 Å². The van der Waals surface area contributed by atoms with Crippen LogP contribution < -0.4 is 9.64 Å². The fourth-order valence-corrected chi connectivity index (χ4v) is 5.31. The van der Waals surface area contributed by atoms with E-state index in [4.69, 9.17) is 4.74 Å². The number of ether oxygens (including phenoxy) is 1. The second-order valence-corrected chi connectivity index (χ2v) is 9.16. The van der Waals surface area contributed by atoms with Crippen LogP contribution >= 0.6 is 11.3 Å². The van der Waals surface area contributed by atoms with Crippen LogP contribution in [0, 0.1) is 5.92 Å². The van der Waals surface area contributed by atoms with E-state index >= 15 is 0 Å². The molecule has 0 atom stereocenters. The number of methoxy groups -OCH3 is 1. The quantitative estimate of drug-likeness (QED) is 0.658. The standard InChI is InChI=1S/C22H30N4O2S/c1-28-20-9-5-4-8-18(20)16-25-10-12-26(13-11-25)22-24-23-21(29-22)15-19(27)14-17-6-2-3-7-17/h4-5,8-9,17H,2-3,6-7,10-16H2,1H3. The predicted molar refractivity (Wildman–Crippen MR) is 116 cm³/mol. The van der Waals surface area contributed by atoms with Gasteiger partial charge in [0, 0.05) is 44.7 Å². The van der Waals surface area contributed by atoms with Gasteiger partial charge in [-0.3, -0.25) is 9.69 Å². The Morgan fingerprint density at radius 1 is 1.14 bits per heavy atom. The first-order valence-electron chi connectivity index (χ1n) is 10.6. The van der Waals surface area contributed by atoms with Crippen LogP contribution in [0.2, 0.25) is 0 Å². The maximum atomic E-state index is 12.3. The van der Waals surface area contributed by atoms with Crippen LogP contribution in [0.15, 0.2) is 24.3 Å². The molecule has 7 heteroatoms. The SMILES string of the molecule is COc1ccccc1CN1CCN(c2nnc(CC(=O)CC3CCCC3)s2)CC1. The van der Waals surface area contributed by atoms with Crippen LogP contribution in [0.25, 0.3) is 0 Å². The monoisotopic (exact) mass is 414 g/mol. The van der Waals surface area contributed by atoms with Crippen LogP contribution in [0.1, 0.15) is 42.7 Å². The molecule has 1 saturated carbocycles. The number of piperazine rings is 1. The summed E-state index contributed by atoms with van der Waals surface area (Å²) in [5, 5.41) is 10.5. The van der Waals surface area contributed by atoms with E-state index < -0.39 is 0 Å². The van der Waals surface area contributed by atoms with Gasteiger partial charge in [0.15, 0.2) is 0 Å². The summed E-state index contributed by atoms with van der Waals surface area (Å²) in [6.07, 6.45) is 6.16. The summed E-state index contributed by atoms with van der Waals surface area (Å²) in [6.45, 7) is 4.72. The van der Waals surface area contributed by atoms with Crippen molar-refractivity contribution < 1.29 is 9.53 Å². The lowest BCUT2D eigenvalue weighted by atomic mass is 10.00. The molecule has 0 bridgehead atoms. The summed E-state index contributed by atoms with van der Waals surface area (Å²) in [4.78, 5) is 17.1. The number of carbonyl (C=O) groups is 1. The second kappa shape index (κ2) is 9.67. The number of nitrogens with zero attached hydrogens (tertiary/aromatic N) is 4. The molecule has 0 unspecified atom stereocenters. The van der Waals surface area contributed by atoms with Crippen molar-refractivity contribution >= 4 is 22.3 Å². The minimum atomic E-state index is 0.321. The van der Waals surface area contributed by atoms with E-state index in [9.17, 15) is 4.79 Å². The highest BCUT2D eigenvalue weighted by atomic mass is 32.1. The second-order valence-electron chi connectivity index (χ2n) is 8.12. The molecule has 2 heterocycles. The van der Waals surface area contributed by atoms with Gasteiger partial charge in [0.1, 0.15) is 16.5 Å². The third-order valence-electron chi connectivity index (χ3n) is 6.02. The zero-order valence-corrected chi connectivity index (χ0v) is 18.0. The number of rotatable bonds is 8. The molecule has 0 N–H and O–H groups in total. The molecular weight excluding hydrogens is 384 g/mol. The third kappa shape index (κ3) is 5.34. The van der Waals surface area contributed by atoms with Crippen molar-refractivity contribution in [2.24, 2.45) is 5.92 Å². The average Bonchev–Trinajstić information content (AvgIpc) is 3.41. The number of anilines is 1. The van der Waals surface area contributed by atoms with E-state index in [0.717, 1.165) is 55.0 Å². The highest BCUT2D eigenvalue weighted by molar-refractivity contribution is 7.15. The summed E-state index contributed by atoms with van der Waals surface area (Å²) in [5.74, 6) is 1.87. The van der Waals surface area contributed by atoms with E-state index in [0.29, 0.717) is 18.1 Å². The van der Waals surface area contributed by atoms with E-state index in [1.54, 1.807) is 18.4 Å². The molecule has 0 amide bonds. The Labute approximate surface area is 176 Å². The molecule has 2 aliphatic rings. The zero-order chi connectivity index (χ0) is 20.1. The van der Waals surface area contributed by atoms with Crippen LogP contribution in [0.3, 0.4) is 0 Å². The number of carbonyl (C=O) groups excluding carboxylic acids is 1. The highest BCUT2D eigenvalue weighted by Crippen LogP contribution is 2.29. The smallest absolute Gasteiger partial charge is 0.208 e. The van der Waals surface area contributed by atoms with Gasteiger partial charge in [-0.15, -0.1) is 10.2 Å². The Morgan fingerprint density at radius 3 is 2.66 bits per heavy atom. The summed E-state index contributed by atoms with van der Waals surface area (Å²) in [5.41, 5.74) is 1.22. The number of Topliss-reactive ketones (excluding diaryl/α,β-unsaturated/α-hetero) is 1. The molecule has 29 heavy (non-hydrogen) atoms. The molecule has 156 valence electrons. The van der Waals surface area contributed by atoms with Gasteiger partial charge in [-0.2, -0.15) is 0 Å². The Kier molecular flexibility index (Phi) is 6.77. The Bertz CT molecular complexity index is 811. The first-order valence-corrected chi connectivity index (χ1v) is 11.5. The highest BCUT2D eigenvalue weighted by Gasteiger charge is 2.23. The number of aromatic nitrogens is 2. The summed E-state index contributed by atoms with van der Waals surface area (Å²) in [6, 6.07) is 8.21. The predicted octanol–water partition coefficient (Wildman–Crippen LogP) is 3.56. The first kappa shape index (κ1) is 20.3. The Balaban J connectivity index is 1.26. The van der Waals surface area contributed by atoms with Gasteiger partial charge in [0.2, 0.25) is 5.13 Å². The fourth-order valence-electron chi connectivity index (χ4n) is 4.39. The maximum Gasteiger partial charge on any atom is 0.208 e. The molecule has 4 rings (SSSR count). The normalized spacial score (nSPS) is 18.3. The Hall–Kier alpha value is -1.99.